The summed E-state index contributed by atoms with van der Waals surface area (Å²) in [5.74, 6) is 1.15. The monoisotopic (exact) mass is 941 g/mol. The van der Waals surface area contributed by atoms with Gasteiger partial charge in [0.15, 0.2) is 0 Å². The summed E-state index contributed by atoms with van der Waals surface area (Å²) in [5, 5.41) is 10.6. The van der Waals surface area contributed by atoms with Gasteiger partial charge in [0, 0.05) is 65.2 Å². The van der Waals surface area contributed by atoms with Gasteiger partial charge in [0.05, 0.1) is 28.7 Å². The number of hydrogen-bond donors (Lipinski definition) is 0. The van der Waals surface area contributed by atoms with Crippen molar-refractivity contribution in [2.45, 2.75) is 32.1 Å². The number of para-hydroxylation sites is 8. The van der Waals surface area contributed by atoms with Crippen molar-refractivity contribution in [1.82, 2.24) is 0 Å². The van der Waals surface area contributed by atoms with Gasteiger partial charge in [0.25, 0.3) is 0 Å². The zero-order chi connectivity index (χ0) is 42.2. The van der Waals surface area contributed by atoms with E-state index in [2.05, 4.69) is 159 Å². The second kappa shape index (κ2) is 19.4. The van der Waals surface area contributed by atoms with Gasteiger partial charge in [-0.2, -0.15) is 18.2 Å². The molecular formula is C54H52Cu2N6P-5. The Morgan fingerprint density at radius 1 is 0.460 bits per heavy atom. The molecule has 4 aliphatic heterocycles. The maximum absolute atomic E-state index is 4.76. The average Bonchev–Trinajstić information content (AvgIpc) is 3.98. The standard InChI is InChI=1S/C23H20N4.C17H20NP.C14H12N.2Cu/c1-24-14-8-3-5-10-16(14)26-18-12-7-13-19-20(18)21(22(24)26)23-25(2)15-9-4-6-11-17(15)27(19)23;1-13(2)12-19-17-11-7-6-10-16(17)18-15-9-5-4-8-14(15)3;1-11-7-3-5-9-13(11)15-14-10-6-4-8-12(14)2;;/h3-13,21-23H,1-2H3;4-11,13,19H,3,12H2,1-2H3;3-10H,1-2H2;;/q;-2;-3;;. The molecule has 2 radical (unpaired) electrons. The maximum Gasteiger partial charge on any atom is 0.117 e. The fraction of sp³-hybridized carbons (Fsp3) is 0.167. The van der Waals surface area contributed by atoms with Crippen LogP contribution in [0.2, 0.25) is 0 Å². The molecule has 4 aliphatic rings. The van der Waals surface area contributed by atoms with Crippen LogP contribution in [-0.4, -0.2) is 32.6 Å². The maximum atomic E-state index is 4.76. The van der Waals surface area contributed by atoms with E-state index in [0.717, 1.165) is 53.9 Å². The summed E-state index contributed by atoms with van der Waals surface area (Å²) in [6.45, 7) is 16.4. The van der Waals surface area contributed by atoms with Crippen LogP contribution in [0.15, 0.2) is 164 Å². The van der Waals surface area contributed by atoms with Gasteiger partial charge in [-0.3, -0.25) is 17.1 Å². The first-order valence-electron chi connectivity index (χ1n) is 21.1. The smallest absolute Gasteiger partial charge is 0.117 e. The van der Waals surface area contributed by atoms with Crippen molar-refractivity contribution < 1.29 is 34.1 Å². The van der Waals surface area contributed by atoms with Gasteiger partial charge in [-0.1, -0.05) is 95.2 Å². The van der Waals surface area contributed by atoms with E-state index in [4.69, 9.17) is 5.32 Å². The molecule has 0 saturated carbocycles. The first-order valence-corrected chi connectivity index (χ1v) is 22.3. The molecule has 3 atom stereocenters. The Balaban J connectivity index is 0.000000147. The van der Waals surface area contributed by atoms with Gasteiger partial charge >= 0.3 is 0 Å². The molecule has 7 aromatic carbocycles. The van der Waals surface area contributed by atoms with Gasteiger partial charge < -0.3 is 30.2 Å². The van der Waals surface area contributed by atoms with Crippen molar-refractivity contribution in [2.75, 3.05) is 39.9 Å². The van der Waals surface area contributed by atoms with Gasteiger partial charge in [0.2, 0.25) is 0 Å². The van der Waals surface area contributed by atoms with Crippen molar-refractivity contribution in [3.05, 3.63) is 217 Å². The number of fused-ring (bicyclic) bond motifs is 10. The molecule has 330 valence electrons. The zero-order valence-electron chi connectivity index (χ0n) is 36.0. The Hall–Kier alpha value is -5.58. The number of rotatable bonds is 7. The minimum absolute atomic E-state index is 0. The third-order valence-electron chi connectivity index (χ3n) is 12.0. The summed E-state index contributed by atoms with van der Waals surface area (Å²) < 4.78 is 0. The minimum Gasteiger partial charge on any atom is -0.774 e. The largest absolute Gasteiger partial charge is 0.774 e. The first-order chi connectivity index (χ1) is 29.7. The fourth-order valence-corrected chi connectivity index (χ4v) is 10.3. The molecule has 0 spiro atoms. The molecule has 0 N–H and O–H groups in total. The van der Waals surface area contributed by atoms with Crippen LogP contribution in [0, 0.1) is 26.7 Å². The van der Waals surface area contributed by atoms with E-state index in [1.54, 1.807) is 0 Å². The molecule has 0 aromatic heterocycles. The van der Waals surface area contributed by atoms with E-state index < -0.39 is 0 Å². The minimum atomic E-state index is 0. The van der Waals surface area contributed by atoms with Crippen LogP contribution in [0.4, 0.5) is 56.9 Å². The van der Waals surface area contributed by atoms with Crippen molar-refractivity contribution in [3.63, 3.8) is 0 Å². The van der Waals surface area contributed by atoms with Gasteiger partial charge in [-0.25, -0.2) is 37.5 Å². The molecule has 7 aromatic rings. The van der Waals surface area contributed by atoms with E-state index in [1.807, 2.05) is 78.9 Å². The molecule has 0 saturated heterocycles. The fourth-order valence-electron chi connectivity index (χ4n) is 9.11. The van der Waals surface area contributed by atoms with Crippen LogP contribution in [-0.2, 0) is 34.1 Å². The number of nitrogens with zero attached hydrogens (tertiary/aromatic N) is 6. The second-order valence-electron chi connectivity index (χ2n) is 16.4. The molecule has 9 heteroatoms. The molecule has 3 unspecified atom stereocenters. The van der Waals surface area contributed by atoms with Crippen LogP contribution in [0.1, 0.15) is 42.0 Å². The first kappa shape index (κ1) is 45.4. The van der Waals surface area contributed by atoms with Gasteiger partial charge in [-0.05, 0) is 53.8 Å². The molecule has 11 rings (SSSR count). The average molecular weight is 943 g/mol. The zero-order valence-corrected chi connectivity index (χ0v) is 38.9. The summed E-state index contributed by atoms with van der Waals surface area (Å²) in [6, 6.07) is 56.5. The third kappa shape index (κ3) is 8.60. The van der Waals surface area contributed by atoms with E-state index in [-0.39, 0.29) is 34.1 Å². The van der Waals surface area contributed by atoms with E-state index in [9.17, 15) is 0 Å². The van der Waals surface area contributed by atoms with Crippen molar-refractivity contribution in [3.8, 4) is 0 Å². The van der Waals surface area contributed by atoms with Crippen molar-refractivity contribution in [1.29, 1.82) is 0 Å². The molecule has 4 heterocycles. The molecule has 0 amide bonds. The summed E-state index contributed by atoms with van der Waals surface area (Å²) in [4.78, 5) is 10.1. The van der Waals surface area contributed by atoms with Crippen molar-refractivity contribution in [2.24, 2.45) is 5.92 Å². The normalized spacial score (nSPS) is 16.7. The number of anilines is 6. The predicted molar refractivity (Wildman–Crippen MR) is 263 cm³/mol. The SMILES string of the molecule is CN1c2ccccc2N2c3cccc4c3C(C12)C1N(C)c2ccccc2N41.[CH2-]c1ccccc1[N-]c1ccccc1PCC(C)C.[CH2-]c1ccccc1[N-]c1ccccc1[CH2-].[Cu].[Cu]. The topological polar surface area (TPSA) is 41.2 Å². The van der Waals surface area contributed by atoms with Crippen molar-refractivity contribution >= 4 is 70.8 Å². The van der Waals surface area contributed by atoms with Gasteiger partial charge in [-0.15, -0.1) is 42.1 Å². The third-order valence-corrected chi connectivity index (χ3v) is 13.8. The summed E-state index contributed by atoms with van der Waals surface area (Å²) in [7, 11) is 5.32. The summed E-state index contributed by atoms with van der Waals surface area (Å²) in [5.41, 5.74) is 16.3. The predicted octanol–water partition coefficient (Wildman–Crippen LogP) is 14.2. The Morgan fingerprint density at radius 3 is 1.24 bits per heavy atom. The van der Waals surface area contributed by atoms with E-state index in [1.165, 1.54) is 51.2 Å². The summed E-state index contributed by atoms with van der Waals surface area (Å²) >= 11 is 0. The Kier molecular flexibility index (Phi) is 14.0. The van der Waals surface area contributed by atoms with E-state index >= 15 is 0 Å². The molecule has 0 fully saturated rings. The van der Waals surface area contributed by atoms with E-state index in [0.29, 0.717) is 18.2 Å². The van der Waals surface area contributed by atoms with Crippen LogP contribution in [0.3, 0.4) is 0 Å². The summed E-state index contributed by atoms with van der Waals surface area (Å²) in [6.07, 6.45) is 1.87. The van der Waals surface area contributed by atoms with Crippen LogP contribution in [0.25, 0.3) is 10.6 Å². The van der Waals surface area contributed by atoms with Gasteiger partial charge in [0.1, 0.15) is 12.3 Å². The number of benzene rings is 7. The quantitative estimate of drug-likeness (QED) is 0.0907. The van der Waals surface area contributed by atoms with Crippen LogP contribution >= 0.6 is 8.58 Å². The second-order valence-corrected chi connectivity index (χ2v) is 17.7. The molecule has 0 aliphatic carbocycles. The molecule has 0 bridgehead atoms. The Labute approximate surface area is 397 Å². The Morgan fingerprint density at radius 2 is 0.810 bits per heavy atom. The van der Waals surface area contributed by atoms with Crippen LogP contribution in [0.5, 0.6) is 0 Å². The van der Waals surface area contributed by atoms with Crippen LogP contribution < -0.4 is 24.9 Å². The molecular weight excluding hydrogens is 891 g/mol. The number of hydrogen-bond acceptors (Lipinski definition) is 4. The molecule has 6 nitrogen and oxygen atoms in total. The Bertz CT molecular complexity index is 2560. The number of likely N-dealkylation sites (N-methyl/N-ethyl adjacent to an activating group) is 2. The molecule has 63 heavy (non-hydrogen) atoms.